The van der Waals surface area contributed by atoms with Crippen LogP contribution in [-0.4, -0.2) is 51.7 Å². The molecule has 2 aliphatic rings. The summed E-state index contributed by atoms with van der Waals surface area (Å²) in [5, 5.41) is 0.172. The van der Waals surface area contributed by atoms with Crippen molar-refractivity contribution in [1.29, 1.82) is 0 Å². The second-order valence-corrected chi connectivity index (χ2v) is 7.39. The van der Waals surface area contributed by atoms with Crippen molar-refractivity contribution >= 4 is 56.3 Å². The fourth-order valence-electron chi connectivity index (χ4n) is 2.69. The van der Waals surface area contributed by atoms with Gasteiger partial charge in [0.15, 0.2) is 0 Å². The number of benzene rings is 1. The topological polar surface area (TPSA) is 57.7 Å². The van der Waals surface area contributed by atoms with E-state index in [1.807, 2.05) is 0 Å². The molecule has 0 saturated carbocycles. The van der Waals surface area contributed by atoms with E-state index in [2.05, 4.69) is 15.9 Å². The molecule has 1 aromatic rings. The summed E-state index contributed by atoms with van der Waals surface area (Å²) in [5.74, 6) is -0.156. The molecule has 116 valence electrons. The minimum absolute atomic E-state index is 0.171. The molecule has 22 heavy (non-hydrogen) atoms. The number of likely N-dealkylation sites (tertiary alicyclic amines) is 1. The van der Waals surface area contributed by atoms with Gasteiger partial charge < -0.3 is 4.90 Å². The molecule has 2 aliphatic heterocycles. The van der Waals surface area contributed by atoms with Gasteiger partial charge in [-0.2, -0.15) is 0 Å². The number of thioether (sulfide) groups is 1. The molecule has 8 heteroatoms. The molecular formula is C14H12BrClN2O3S. The van der Waals surface area contributed by atoms with Crippen LogP contribution in [0.25, 0.3) is 0 Å². The molecule has 1 aromatic carbocycles. The Morgan fingerprint density at radius 1 is 1.36 bits per heavy atom. The Bertz CT molecular complexity index is 653. The predicted molar refractivity (Wildman–Crippen MR) is 88.2 cm³/mol. The number of carbonyl (C=O) groups excluding carboxylic acids is 3. The maximum absolute atomic E-state index is 12.6. The van der Waals surface area contributed by atoms with Crippen LogP contribution in [0.4, 0.5) is 4.79 Å². The Kier molecular flexibility index (Phi) is 4.47. The summed E-state index contributed by atoms with van der Waals surface area (Å²) in [4.78, 5) is 39.0. The Balaban J connectivity index is 1.75. The first-order chi connectivity index (χ1) is 10.5. The van der Waals surface area contributed by atoms with Gasteiger partial charge in [0, 0.05) is 17.6 Å². The van der Waals surface area contributed by atoms with Crippen LogP contribution in [0.15, 0.2) is 22.7 Å². The summed E-state index contributed by atoms with van der Waals surface area (Å²) >= 11 is 10.4. The molecule has 0 spiro atoms. The van der Waals surface area contributed by atoms with Gasteiger partial charge in [0.05, 0.1) is 22.4 Å². The van der Waals surface area contributed by atoms with Crippen LogP contribution in [0.2, 0.25) is 5.02 Å². The molecule has 0 N–H and O–H groups in total. The lowest BCUT2D eigenvalue weighted by Gasteiger charge is -2.22. The normalized spacial score (nSPS) is 21.8. The van der Waals surface area contributed by atoms with Gasteiger partial charge in [0.25, 0.3) is 11.1 Å². The number of amides is 3. The van der Waals surface area contributed by atoms with Gasteiger partial charge in [-0.1, -0.05) is 39.3 Å². The second-order valence-electron chi connectivity index (χ2n) is 5.14. The zero-order valence-corrected chi connectivity index (χ0v) is 14.6. The van der Waals surface area contributed by atoms with E-state index in [1.165, 1.54) is 4.90 Å². The third-order valence-electron chi connectivity index (χ3n) is 3.76. The maximum atomic E-state index is 12.6. The number of rotatable bonds is 2. The van der Waals surface area contributed by atoms with Gasteiger partial charge in [-0.25, -0.2) is 0 Å². The van der Waals surface area contributed by atoms with Crippen molar-refractivity contribution in [3.8, 4) is 0 Å². The number of hydrogen-bond donors (Lipinski definition) is 0. The minimum atomic E-state index is -0.232. The average Bonchev–Trinajstić information content (AvgIpc) is 3.08. The summed E-state index contributed by atoms with van der Waals surface area (Å²) < 4.78 is 0.775. The van der Waals surface area contributed by atoms with E-state index in [9.17, 15) is 14.4 Å². The Hall–Kier alpha value is -1.05. The van der Waals surface area contributed by atoms with E-state index >= 15 is 0 Å². The molecule has 0 aromatic heterocycles. The summed E-state index contributed by atoms with van der Waals surface area (Å²) in [6, 6.07) is 4.88. The summed E-state index contributed by atoms with van der Waals surface area (Å²) in [6.45, 7) is 0.869. The highest BCUT2D eigenvalue weighted by atomic mass is 79.9. The largest absolute Gasteiger partial charge is 0.336 e. The van der Waals surface area contributed by atoms with E-state index < -0.39 is 0 Å². The van der Waals surface area contributed by atoms with Crippen molar-refractivity contribution in [2.45, 2.75) is 12.5 Å². The molecule has 2 heterocycles. The van der Waals surface area contributed by atoms with Crippen LogP contribution in [0.5, 0.6) is 0 Å². The first-order valence-electron chi connectivity index (χ1n) is 6.70. The number of nitrogens with zero attached hydrogens (tertiary/aromatic N) is 2. The van der Waals surface area contributed by atoms with Crippen molar-refractivity contribution in [1.82, 2.24) is 9.80 Å². The third-order valence-corrected chi connectivity index (χ3v) is 5.42. The molecule has 0 bridgehead atoms. The predicted octanol–water partition coefficient (Wildman–Crippen LogP) is 3.01. The van der Waals surface area contributed by atoms with Gasteiger partial charge in [-0.15, -0.1) is 0 Å². The smallest absolute Gasteiger partial charge is 0.289 e. The fourth-order valence-corrected chi connectivity index (χ4v) is 4.02. The molecule has 0 radical (unpaired) electrons. The molecule has 3 rings (SSSR count). The SMILES string of the molecule is O=C(c1cc(Br)ccc1Cl)N1CCC(N2C(=O)CSC2=O)C1. The minimum Gasteiger partial charge on any atom is -0.336 e. The maximum Gasteiger partial charge on any atom is 0.289 e. The zero-order chi connectivity index (χ0) is 15.9. The Morgan fingerprint density at radius 3 is 2.82 bits per heavy atom. The molecule has 3 amide bonds. The zero-order valence-electron chi connectivity index (χ0n) is 11.4. The van der Waals surface area contributed by atoms with Crippen molar-refractivity contribution in [3.63, 3.8) is 0 Å². The van der Waals surface area contributed by atoms with Gasteiger partial charge >= 0.3 is 0 Å². The van der Waals surface area contributed by atoms with Crippen molar-refractivity contribution in [2.24, 2.45) is 0 Å². The number of carbonyl (C=O) groups is 3. The van der Waals surface area contributed by atoms with Crippen LogP contribution >= 0.6 is 39.3 Å². The Morgan fingerprint density at radius 2 is 2.14 bits per heavy atom. The number of hydrogen-bond acceptors (Lipinski definition) is 4. The van der Waals surface area contributed by atoms with Crippen LogP contribution in [-0.2, 0) is 4.79 Å². The molecule has 5 nitrogen and oxygen atoms in total. The van der Waals surface area contributed by atoms with Crippen LogP contribution in [0.3, 0.4) is 0 Å². The summed E-state index contributed by atoms with van der Waals surface area (Å²) in [7, 11) is 0. The molecule has 2 fully saturated rings. The average molecular weight is 404 g/mol. The van der Waals surface area contributed by atoms with Crippen molar-refractivity contribution in [2.75, 3.05) is 18.8 Å². The Labute approximate surface area is 145 Å². The molecule has 1 atom stereocenters. The van der Waals surface area contributed by atoms with E-state index in [0.717, 1.165) is 16.2 Å². The third kappa shape index (κ3) is 2.89. The first-order valence-corrected chi connectivity index (χ1v) is 8.86. The monoisotopic (exact) mass is 402 g/mol. The highest BCUT2D eigenvalue weighted by molar-refractivity contribution is 9.10. The fraction of sp³-hybridized carbons (Fsp3) is 0.357. The highest BCUT2D eigenvalue weighted by Crippen LogP contribution is 2.28. The summed E-state index contributed by atoms with van der Waals surface area (Å²) in [6.07, 6.45) is 0.607. The highest BCUT2D eigenvalue weighted by Gasteiger charge is 2.40. The van der Waals surface area contributed by atoms with Crippen LogP contribution in [0.1, 0.15) is 16.8 Å². The lowest BCUT2D eigenvalue weighted by atomic mass is 10.2. The first kappa shape index (κ1) is 15.8. The van der Waals surface area contributed by atoms with Crippen molar-refractivity contribution < 1.29 is 14.4 Å². The quantitative estimate of drug-likeness (QED) is 0.762. The van der Waals surface area contributed by atoms with Gasteiger partial charge in [-0.3, -0.25) is 19.3 Å². The van der Waals surface area contributed by atoms with E-state index in [-0.39, 0.29) is 28.8 Å². The number of imide groups is 1. The van der Waals surface area contributed by atoms with Crippen molar-refractivity contribution in [3.05, 3.63) is 33.3 Å². The van der Waals surface area contributed by atoms with E-state index in [0.29, 0.717) is 30.1 Å². The van der Waals surface area contributed by atoms with Gasteiger partial charge in [0.2, 0.25) is 5.91 Å². The molecular weight excluding hydrogens is 392 g/mol. The van der Waals surface area contributed by atoms with Gasteiger partial charge in [-0.05, 0) is 24.6 Å². The standard InChI is InChI=1S/C14H12BrClN2O3S/c15-8-1-2-11(16)10(5-8)13(20)17-4-3-9(6-17)18-12(19)7-22-14(18)21/h1-2,5,9H,3-4,6-7H2. The lowest BCUT2D eigenvalue weighted by molar-refractivity contribution is -0.126. The lowest BCUT2D eigenvalue weighted by Crippen LogP contribution is -2.41. The van der Waals surface area contributed by atoms with E-state index in [1.54, 1.807) is 23.1 Å². The van der Waals surface area contributed by atoms with E-state index in [4.69, 9.17) is 11.6 Å². The van der Waals surface area contributed by atoms with Gasteiger partial charge in [0.1, 0.15) is 0 Å². The summed E-state index contributed by atoms with van der Waals surface area (Å²) in [5.41, 5.74) is 0.421. The molecule has 1 unspecified atom stereocenters. The molecule has 0 aliphatic carbocycles. The molecule has 2 saturated heterocycles. The number of halogens is 2. The van der Waals surface area contributed by atoms with Crippen LogP contribution < -0.4 is 0 Å². The van der Waals surface area contributed by atoms with Crippen LogP contribution in [0, 0.1) is 0 Å². The second kappa shape index (κ2) is 6.22.